The van der Waals surface area contributed by atoms with Crippen LogP contribution in [-0.4, -0.2) is 36.6 Å². The van der Waals surface area contributed by atoms with E-state index in [-0.39, 0.29) is 11.6 Å². The lowest BCUT2D eigenvalue weighted by molar-refractivity contribution is -0.146. The lowest BCUT2D eigenvalue weighted by Crippen LogP contribution is -2.07. The number of benzene rings is 1. The van der Waals surface area contributed by atoms with Crippen LogP contribution in [0.15, 0.2) is 35.2 Å². The van der Waals surface area contributed by atoms with Gasteiger partial charge in [-0.1, -0.05) is 5.16 Å². The molecule has 2 aliphatic rings. The van der Waals surface area contributed by atoms with Gasteiger partial charge in [-0.25, -0.2) is 4.98 Å². The highest BCUT2D eigenvalue weighted by Crippen LogP contribution is 2.41. The molecule has 6 rings (SSSR count). The van der Waals surface area contributed by atoms with Gasteiger partial charge in [0.15, 0.2) is 5.69 Å². The first-order chi connectivity index (χ1) is 15.4. The average molecular weight is 442 g/mol. The molecule has 0 amide bonds. The van der Waals surface area contributed by atoms with E-state index in [9.17, 15) is 13.2 Å². The second kappa shape index (κ2) is 6.68. The van der Waals surface area contributed by atoms with Gasteiger partial charge in [0.05, 0.1) is 30.4 Å². The van der Waals surface area contributed by atoms with Crippen LogP contribution in [0.5, 0.6) is 5.75 Å². The Labute approximate surface area is 179 Å². The number of hydrogen-bond acceptors (Lipinski definition) is 6. The minimum Gasteiger partial charge on any atom is -0.497 e. The third kappa shape index (κ3) is 2.99. The highest BCUT2D eigenvalue weighted by molar-refractivity contribution is 5.77. The van der Waals surface area contributed by atoms with Gasteiger partial charge < -0.3 is 13.8 Å². The minimum atomic E-state index is -4.70. The summed E-state index contributed by atoms with van der Waals surface area (Å²) >= 11 is 0. The first kappa shape index (κ1) is 19.1. The molecule has 32 heavy (non-hydrogen) atoms. The molecular formula is C21H17F3N6O2. The second-order valence-electron chi connectivity index (χ2n) is 8.03. The minimum absolute atomic E-state index is 0.220. The molecule has 0 atom stereocenters. The smallest absolute Gasteiger partial charge is 0.455 e. The molecule has 3 aromatic heterocycles. The van der Waals surface area contributed by atoms with Crippen LogP contribution in [0, 0.1) is 5.92 Å². The van der Waals surface area contributed by atoms with Crippen molar-refractivity contribution in [2.45, 2.75) is 32.0 Å². The predicted molar refractivity (Wildman–Crippen MR) is 105 cm³/mol. The van der Waals surface area contributed by atoms with Gasteiger partial charge in [-0.3, -0.25) is 4.68 Å². The summed E-state index contributed by atoms with van der Waals surface area (Å²) in [6, 6.07) is 5.69. The topological polar surface area (TPSA) is 83.8 Å². The first-order valence-electron chi connectivity index (χ1n) is 10.1. The normalized spacial score (nSPS) is 15.1. The van der Waals surface area contributed by atoms with E-state index in [0.29, 0.717) is 23.8 Å². The molecule has 0 saturated heterocycles. The van der Waals surface area contributed by atoms with E-state index in [1.807, 2.05) is 33.6 Å². The van der Waals surface area contributed by atoms with Crippen LogP contribution < -0.4 is 4.74 Å². The van der Waals surface area contributed by atoms with Gasteiger partial charge in [-0.2, -0.15) is 23.3 Å². The third-order valence-electron chi connectivity index (χ3n) is 5.87. The van der Waals surface area contributed by atoms with Crippen molar-refractivity contribution >= 4 is 0 Å². The molecule has 11 heteroatoms. The van der Waals surface area contributed by atoms with Gasteiger partial charge in [0, 0.05) is 24.1 Å². The fourth-order valence-corrected chi connectivity index (χ4v) is 4.13. The monoisotopic (exact) mass is 442 g/mol. The number of fused-ring (bicyclic) bond motifs is 5. The van der Waals surface area contributed by atoms with Gasteiger partial charge in [0.1, 0.15) is 12.1 Å². The second-order valence-corrected chi connectivity index (χ2v) is 8.03. The van der Waals surface area contributed by atoms with Gasteiger partial charge >= 0.3 is 6.18 Å². The van der Waals surface area contributed by atoms with Crippen LogP contribution in [0.1, 0.15) is 29.9 Å². The molecule has 1 fully saturated rings. The Bertz CT molecular complexity index is 1330. The first-order valence-corrected chi connectivity index (χ1v) is 10.1. The zero-order valence-corrected chi connectivity index (χ0v) is 16.9. The molecule has 8 nitrogen and oxygen atoms in total. The van der Waals surface area contributed by atoms with Crippen molar-refractivity contribution in [1.29, 1.82) is 0 Å². The standard InChI is InChI=1S/C21H17F3N6O2/c1-31-13-4-5-15-14(7-13)18-12(8-26-30(18)9-11-2-3-11)6-16-17(25-10-29(15)16)19-27-20(28-32-19)21(22,23)24/h4-5,7-8,10-11H,2-3,6,9H2,1H3. The van der Waals surface area contributed by atoms with Crippen molar-refractivity contribution < 1.29 is 22.4 Å². The van der Waals surface area contributed by atoms with Crippen LogP contribution in [-0.2, 0) is 19.1 Å². The lowest BCUT2D eigenvalue weighted by Gasteiger charge is -2.14. The van der Waals surface area contributed by atoms with Crippen LogP contribution in [0.3, 0.4) is 0 Å². The summed E-state index contributed by atoms with van der Waals surface area (Å²) in [6.45, 7) is 0.824. The predicted octanol–water partition coefficient (Wildman–Crippen LogP) is 4.13. The van der Waals surface area contributed by atoms with E-state index >= 15 is 0 Å². The number of aromatic nitrogens is 6. The molecule has 0 spiro atoms. The van der Waals surface area contributed by atoms with Crippen molar-refractivity contribution in [1.82, 2.24) is 29.5 Å². The highest BCUT2D eigenvalue weighted by Gasteiger charge is 2.38. The number of nitrogens with zero attached hydrogens (tertiary/aromatic N) is 6. The van der Waals surface area contributed by atoms with Gasteiger partial charge in [0.25, 0.3) is 11.7 Å². The number of ether oxygens (including phenoxy) is 1. The Morgan fingerprint density at radius 1 is 1.25 bits per heavy atom. The number of methoxy groups -OCH3 is 1. The molecule has 0 unspecified atom stereocenters. The zero-order valence-electron chi connectivity index (χ0n) is 16.9. The van der Waals surface area contributed by atoms with E-state index < -0.39 is 12.0 Å². The van der Waals surface area contributed by atoms with Crippen molar-refractivity contribution in [3.63, 3.8) is 0 Å². The molecule has 0 N–H and O–H groups in total. The quantitative estimate of drug-likeness (QED) is 0.416. The van der Waals surface area contributed by atoms with Crippen LogP contribution in [0.2, 0.25) is 0 Å². The molecule has 4 heterocycles. The van der Waals surface area contributed by atoms with Crippen molar-refractivity contribution in [2.75, 3.05) is 7.11 Å². The molecule has 1 aromatic carbocycles. The molecular weight excluding hydrogens is 425 g/mol. The maximum atomic E-state index is 13.0. The van der Waals surface area contributed by atoms with Crippen molar-refractivity contribution in [3.05, 3.63) is 47.8 Å². The van der Waals surface area contributed by atoms with Gasteiger partial charge in [-0.15, -0.1) is 0 Å². The van der Waals surface area contributed by atoms with Crippen LogP contribution >= 0.6 is 0 Å². The molecule has 1 saturated carbocycles. The van der Waals surface area contributed by atoms with E-state index in [4.69, 9.17) is 9.26 Å². The van der Waals surface area contributed by atoms with Gasteiger partial charge in [0.2, 0.25) is 0 Å². The summed E-state index contributed by atoms with van der Waals surface area (Å²) in [5.41, 5.74) is 4.53. The van der Waals surface area contributed by atoms with E-state index in [2.05, 4.69) is 20.2 Å². The van der Waals surface area contributed by atoms with Gasteiger partial charge in [-0.05, 0) is 37.0 Å². The number of hydrogen-bond donors (Lipinski definition) is 0. The largest absolute Gasteiger partial charge is 0.497 e. The maximum absolute atomic E-state index is 13.0. The summed E-state index contributed by atoms with van der Waals surface area (Å²) in [6.07, 6.45) is 1.45. The van der Waals surface area contributed by atoms with E-state index in [1.165, 1.54) is 12.8 Å². The summed E-state index contributed by atoms with van der Waals surface area (Å²) in [5.74, 6) is -0.281. The van der Waals surface area contributed by atoms with Crippen molar-refractivity contribution in [2.24, 2.45) is 5.92 Å². The molecule has 1 aliphatic heterocycles. The number of imidazole rings is 1. The zero-order chi connectivity index (χ0) is 22.0. The van der Waals surface area contributed by atoms with Crippen molar-refractivity contribution in [3.8, 4) is 34.3 Å². The lowest BCUT2D eigenvalue weighted by atomic mass is 10.0. The summed E-state index contributed by atoms with van der Waals surface area (Å²) in [4.78, 5) is 7.86. The van der Waals surface area contributed by atoms with E-state index in [0.717, 1.165) is 29.1 Å². The summed E-state index contributed by atoms with van der Waals surface area (Å²) < 4.78 is 53.2. The maximum Gasteiger partial charge on any atom is 0.455 e. The number of halogens is 3. The Hall–Kier alpha value is -3.63. The highest BCUT2D eigenvalue weighted by atomic mass is 19.4. The molecule has 164 valence electrons. The van der Waals surface area contributed by atoms with Crippen LogP contribution in [0.4, 0.5) is 13.2 Å². The third-order valence-corrected chi connectivity index (χ3v) is 5.87. The number of alkyl halides is 3. The summed E-state index contributed by atoms with van der Waals surface area (Å²) in [5, 5.41) is 7.69. The Balaban J connectivity index is 1.53. The molecule has 0 bridgehead atoms. The SMILES string of the molecule is COc1ccc2c(c1)-c1c(cnn1CC1CC1)Cc1c(-c3nc(C(F)(F)F)no3)ncn1-2. The van der Waals surface area contributed by atoms with Crippen LogP contribution in [0.25, 0.3) is 28.5 Å². The Kier molecular flexibility index (Phi) is 3.99. The Morgan fingerprint density at radius 2 is 2.09 bits per heavy atom. The molecule has 4 aromatic rings. The Morgan fingerprint density at radius 3 is 2.81 bits per heavy atom. The summed E-state index contributed by atoms with van der Waals surface area (Å²) in [7, 11) is 1.61. The van der Waals surface area contributed by atoms with E-state index in [1.54, 1.807) is 13.4 Å². The average Bonchev–Trinajstić information content (AvgIpc) is 3.14. The molecule has 1 aliphatic carbocycles. The molecule has 0 radical (unpaired) electrons. The fraction of sp³-hybridized carbons (Fsp3) is 0.333. The number of rotatable bonds is 4. The fourth-order valence-electron chi connectivity index (χ4n) is 4.13.